The van der Waals surface area contributed by atoms with Crippen molar-refractivity contribution >= 4 is 17.7 Å². The van der Waals surface area contributed by atoms with Crippen LogP contribution in [0.15, 0.2) is 84.0 Å². The van der Waals surface area contributed by atoms with Gasteiger partial charge in [0.1, 0.15) is 0 Å². The molecule has 0 aliphatic heterocycles. The number of nitrogens with two attached hydrogens (primary N) is 1. The van der Waals surface area contributed by atoms with Gasteiger partial charge in [-0.3, -0.25) is 9.36 Å². The zero-order chi connectivity index (χ0) is 20.2. The molecule has 144 valence electrons. The van der Waals surface area contributed by atoms with Crippen LogP contribution in [0.25, 0.3) is 17.1 Å². The minimum atomic E-state index is -0.425. The Morgan fingerprint density at radius 3 is 2.52 bits per heavy atom. The highest BCUT2D eigenvalue weighted by Gasteiger charge is 2.16. The third-order valence-electron chi connectivity index (χ3n) is 4.50. The molecule has 1 heterocycles. The summed E-state index contributed by atoms with van der Waals surface area (Å²) in [6.07, 6.45) is 0. The Morgan fingerprint density at radius 1 is 0.966 bits per heavy atom. The molecule has 6 heteroatoms. The lowest BCUT2D eigenvalue weighted by atomic mass is 10.1. The van der Waals surface area contributed by atoms with Gasteiger partial charge in [0.2, 0.25) is 5.91 Å². The summed E-state index contributed by atoms with van der Waals surface area (Å²) in [5.74, 6) is 1.03. The number of carbonyl (C=O) groups is 1. The van der Waals surface area contributed by atoms with E-state index in [1.54, 1.807) is 17.8 Å². The third-order valence-corrected chi connectivity index (χ3v) is 5.50. The minimum absolute atomic E-state index is 0.425. The van der Waals surface area contributed by atoms with Gasteiger partial charge in [-0.05, 0) is 42.8 Å². The van der Waals surface area contributed by atoms with E-state index >= 15 is 0 Å². The van der Waals surface area contributed by atoms with Crippen LogP contribution in [0, 0.1) is 6.92 Å². The largest absolute Gasteiger partial charge is 0.366 e. The molecule has 2 N–H and O–H groups in total. The summed E-state index contributed by atoms with van der Waals surface area (Å²) in [5.41, 5.74) is 10.1. The first kappa shape index (κ1) is 19.0. The SMILES string of the molecule is Cc1cccc(-c2nnc(SCc3cccc(C(N)=O)c3)n2-c2ccccc2)c1. The first-order chi connectivity index (χ1) is 14.1. The van der Waals surface area contributed by atoms with Crippen LogP contribution in [-0.4, -0.2) is 20.7 Å². The molecule has 29 heavy (non-hydrogen) atoms. The predicted molar refractivity (Wildman–Crippen MR) is 116 cm³/mol. The topological polar surface area (TPSA) is 73.8 Å². The first-order valence-electron chi connectivity index (χ1n) is 9.21. The van der Waals surface area contributed by atoms with Crippen LogP contribution in [-0.2, 0) is 5.75 Å². The van der Waals surface area contributed by atoms with Crippen LogP contribution in [0.4, 0.5) is 0 Å². The molecular weight excluding hydrogens is 380 g/mol. The molecule has 0 radical (unpaired) electrons. The fourth-order valence-electron chi connectivity index (χ4n) is 3.11. The van der Waals surface area contributed by atoms with Crippen LogP contribution >= 0.6 is 11.8 Å². The van der Waals surface area contributed by atoms with Gasteiger partial charge in [0.05, 0.1) is 0 Å². The number of thioether (sulfide) groups is 1. The molecule has 0 fully saturated rings. The smallest absolute Gasteiger partial charge is 0.248 e. The highest BCUT2D eigenvalue weighted by Crippen LogP contribution is 2.30. The number of rotatable bonds is 6. The van der Waals surface area contributed by atoms with Gasteiger partial charge in [0.25, 0.3) is 0 Å². The molecule has 0 aliphatic rings. The molecule has 0 bridgehead atoms. The normalized spacial score (nSPS) is 10.8. The molecule has 4 rings (SSSR count). The molecular formula is C23H20N4OS. The summed E-state index contributed by atoms with van der Waals surface area (Å²) in [6, 6.07) is 25.7. The summed E-state index contributed by atoms with van der Waals surface area (Å²) < 4.78 is 2.07. The summed E-state index contributed by atoms with van der Waals surface area (Å²) in [7, 11) is 0. The van der Waals surface area contributed by atoms with Crippen molar-refractivity contribution in [1.29, 1.82) is 0 Å². The molecule has 0 spiro atoms. The maximum atomic E-state index is 11.4. The van der Waals surface area contributed by atoms with Gasteiger partial charge in [0, 0.05) is 22.6 Å². The Balaban J connectivity index is 1.70. The predicted octanol–water partition coefficient (Wildman–Crippen LogP) is 4.63. The quantitative estimate of drug-likeness (QED) is 0.479. The van der Waals surface area contributed by atoms with Crippen molar-refractivity contribution in [3.05, 3.63) is 95.6 Å². The Bertz CT molecular complexity index is 1150. The van der Waals surface area contributed by atoms with E-state index in [2.05, 4.69) is 33.8 Å². The Kier molecular flexibility index (Phi) is 5.44. The van der Waals surface area contributed by atoms with Crippen molar-refractivity contribution in [2.75, 3.05) is 0 Å². The highest BCUT2D eigenvalue weighted by molar-refractivity contribution is 7.98. The number of amides is 1. The van der Waals surface area contributed by atoms with Crippen LogP contribution in [0.1, 0.15) is 21.5 Å². The van der Waals surface area contributed by atoms with E-state index in [9.17, 15) is 4.79 Å². The van der Waals surface area contributed by atoms with E-state index in [0.29, 0.717) is 11.3 Å². The summed E-state index contributed by atoms with van der Waals surface area (Å²) in [6.45, 7) is 2.06. The molecule has 3 aromatic carbocycles. The number of para-hydroxylation sites is 1. The van der Waals surface area contributed by atoms with Gasteiger partial charge in [-0.25, -0.2) is 0 Å². The number of primary amides is 1. The summed E-state index contributed by atoms with van der Waals surface area (Å²) in [5, 5.41) is 9.72. The second-order valence-corrected chi connectivity index (χ2v) is 7.64. The lowest BCUT2D eigenvalue weighted by Gasteiger charge is -2.11. The van der Waals surface area contributed by atoms with Gasteiger partial charge in [-0.1, -0.05) is 65.9 Å². The molecule has 0 aliphatic carbocycles. The minimum Gasteiger partial charge on any atom is -0.366 e. The molecule has 1 aromatic heterocycles. The van der Waals surface area contributed by atoms with Crippen LogP contribution in [0.5, 0.6) is 0 Å². The van der Waals surface area contributed by atoms with Gasteiger partial charge >= 0.3 is 0 Å². The average Bonchev–Trinajstić information content (AvgIpc) is 3.17. The maximum Gasteiger partial charge on any atom is 0.248 e. The van der Waals surface area contributed by atoms with Gasteiger partial charge in [0.15, 0.2) is 11.0 Å². The fraction of sp³-hybridized carbons (Fsp3) is 0.0870. The molecule has 4 aromatic rings. The van der Waals surface area contributed by atoms with Crippen LogP contribution in [0.3, 0.4) is 0 Å². The van der Waals surface area contributed by atoms with Crippen molar-refractivity contribution in [1.82, 2.24) is 14.8 Å². The van der Waals surface area contributed by atoms with Crippen molar-refractivity contribution in [2.24, 2.45) is 5.73 Å². The van der Waals surface area contributed by atoms with Crippen molar-refractivity contribution in [3.63, 3.8) is 0 Å². The molecule has 0 saturated carbocycles. The van der Waals surface area contributed by atoms with Gasteiger partial charge in [-0.2, -0.15) is 0 Å². The molecule has 0 atom stereocenters. The second kappa shape index (κ2) is 8.32. The summed E-state index contributed by atoms with van der Waals surface area (Å²) >= 11 is 1.57. The number of aryl methyl sites for hydroxylation is 1. The highest BCUT2D eigenvalue weighted by atomic mass is 32.2. The number of nitrogens with zero attached hydrogens (tertiary/aromatic N) is 3. The van der Waals surface area contributed by atoms with E-state index in [4.69, 9.17) is 5.73 Å². The fourth-order valence-corrected chi connectivity index (χ4v) is 4.00. The standard InChI is InChI=1S/C23H20N4OS/c1-16-7-5-10-19(13-16)22-25-26-23(27(22)20-11-3-2-4-12-20)29-15-17-8-6-9-18(14-17)21(24)28/h2-14H,15H2,1H3,(H2,24,28). The number of carbonyl (C=O) groups excluding carboxylic acids is 1. The average molecular weight is 401 g/mol. The third kappa shape index (κ3) is 4.22. The van der Waals surface area contributed by atoms with E-state index in [-0.39, 0.29) is 0 Å². The molecule has 1 amide bonds. The molecule has 0 saturated heterocycles. The lowest BCUT2D eigenvalue weighted by molar-refractivity contribution is 0.1000. The van der Waals surface area contributed by atoms with Gasteiger partial charge < -0.3 is 5.73 Å². The maximum absolute atomic E-state index is 11.4. The Labute approximate surface area is 173 Å². The van der Waals surface area contributed by atoms with E-state index in [1.165, 1.54) is 5.56 Å². The Hall–Kier alpha value is -3.38. The summed E-state index contributed by atoms with van der Waals surface area (Å²) in [4.78, 5) is 11.4. The zero-order valence-corrected chi connectivity index (χ0v) is 16.8. The number of benzene rings is 3. The van der Waals surface area contributed by atoms with Gasteiger partial charge in [-0.15, -0.1) is 10.2 Å². The number of aromatic nitrogens is 3. The van der Waals surface area contributed by atoms with E-state index < -0.39 is 5.91 Å². The van der Waals surface area contributed by atoms with Crippen molar-refractivity contribution in [2.45, 2.75) is 17.8 Å². The molecule has 0 unspecified atom stereocenters. The van der Waals surface area contributed by atoms with Crippen molar-refractivity contribution in [3.8, 4) is 17.1 Å². The Morgan fingerprint density at radius 2 is 1.76 bits per heavy atom. The monoisotopic (exact) mass is 400 g/mol. The lowest BCUT2D eigenvalue weighted by Crippen LogP contribution is -2.10. The number of hydrogen-bond acceptors (Lipinski definition) is 4. The van der Waals surface area contributed by atoms with Crippen LogP contribution < -0.4 is 5.73 Å². The number of hydrogen-bond donors (Lipinski definition) is 1. The first-order valence-corrected chi connectivity index (χ1v) is 10.2. The van der Waals surface area contributed by atoms with Crippen molar-refractivity contribution < 1.29 is 4.79 Å². The molecule has 5 nitrogen and oxygen atoms in total. The van der Waals surface area contributed by atoms with Crippen LogP contribution in [0.2, 0.25) is 0 Å². The van der Waals surface area contributed by atoms with E-state index in [0.717, 1.165) is 27.8 Å². The second-order valence-electron chi connectivity index (χ2n) is 6.70. The zero-order valence-electron chi connectivity index (χ0n) is 15.9. The van der Waals surface area contributed by atoms with E-state index in [1.807, 2.05) is 60.7 Å².